The molecule has 3 aliphatic rings. The van der Waals surface area contributed by atoms with Crippen LogP contribution in [0.15, 0.2) is 36.5 Å². The molecule has 0 saturated heterocycles. The van der Waals surface area contributed by atoms with Gasteiger partial charge in [-0.25, -0.2) is 13.4 Å². The minimum atomic E-state index is -3.41. The van der Waals surface area contributed by atoms with Crippen LogP contribution in [0.2, 0.25) is 0 Å². The summed E-state index contributed by atoms with van der Waals surface area (Å²) in [6.45, 7) is 5.67. The number of aryl methyl sites for hydroxylation is 1. The number of hydrogen-bond acceptors (Lipinski definition) is 5. The van der Waals surface area contributed by atoms with Gasteiger partial charge in [0.15, 0.2) is 5.82 Å². The van der Waals surface area contributed by atoms with Gasteiger partial charge in [-0.3, -0.25) is 4.72 Å². The zero-order valence-corrected chi connectivity index (χ0v) is 18.9. The smallest absolute Gasteiger partial charge is 0.232 e. The van der Waals surface area contributed by atoms with E-state index in [9.17, 15) is 13.6 Å². The Kier molecular flexibility index (Phi) is 5.83. The van der Waals surface area contributed by atoms with E-state index in [-0.39, 0.29) is 11.9 Å². The molecule has 7 nitrogen and oxygen atoms in total. The van der Waals surface area contributed by atoms with Crippen LogP contribution in [0.1, 0.15) is 45.2 Å². The first-order chi connectivity index (χ1) is 14.8. The summed E-state index contributed by atoms with van der Waals surface area (Å²) >= 11 is 0. The van der Waals surface area contributed by atoms with Crippen LogP contribution in [0, 0.1) is 12.8 Å². The van der Waals surface area contributed by atoms with Crippen LogP contribution in [0.3, 0.4) is 0 Å². The summed E-state index contributed by atoms with van der Waals surface area (Å²) in [4.78, 5) is 4.27. The third-order valence-electron chi connectivity index (χ3n) is 6.04. The first kappa shape index (κ1) is 21.5. The molecule has 166 valence electrons. The van der Waals surface area contributed by atoms with Crippen molar-refractivity contribution in [1.82, 2.24) is 9.71 Å². The lowest BCUT2D eigenvalue weighted by Crippen LogP contribution is -2.23. The summed E-state index contributed by atoms with van der Waals surface area (Å²) in [6.07, 6.45) is 6.06. The SMILES string of the molecule is CCS(=O)(=O)Nc1ccc(OC2CCC(C)CC2)c(-c2cc(C)n(O)c3nccc2-3)c1. The molecule has 8 heteroatoms. The molecule has 4 rings (SSSR count). The monoisotopic (exact) mass is 443 g/mol. The van der Waals surface area contributed by atoms with Gasteiger partial charge in [0.2, 0.25) is 10.0 Å². The number of benzene rings is 1. The minimum Gasteiger partial charge on any atom is -0.490 e. The van der Waals surface area contributed by atoms with Crippen LogP contribution < -0.4 is 9.46 Å². The fourth-order valence-corrected chi connectivity index (χ4v) is 4.76. The number of ether oxygens (including phenoxy) is 1. The second kappa shape index (κ2) is 8.42. The highest BCUT2D eigenvalue weighted by Crippen LogP contribution is 2.41. The third-order valence-corrected chi connectivity index (χ3v) is 7.34. The molecule has 2 N–H and O–H groups in total. The van der Waals surface area contributed by atoms with Crippen molar-refractivity contribution in [2.45, 2.75) is 52.6 Å². The average molecular weight is 444 g/mol. The number of pyridine rings is 1. The van der Waals surface area contributed by atoms with Gasteiger partial charge in [-0.2, -0.15) is 4.73 Å². The minimum absolute atomic E-state index is 0.00713. The van der Waals surface area contributed by atoms with Gasteiger partial charge >= 0.3 is 0 Å². The van der Waals surface area contributed by atoms with Crippen LogP contribution >= 0.6 is 0 Å². The summed E-state index contributed by atoms with van der Waals surface area (Å²) < 4.78 is 34.4. The molecule has 0 unspecified atom stereocenters. The van der Waals surface area contributed by atoms with Gasteiger partial charge in [0, 0.05) is 23.0 Å². The summed E-state index contributed by atoms with van der Waals surface area (Å²) in [7, 11) is -3.41. The molecule has 0 amide bonds. The molecule has 1 saturated carbocycles. The van der Waals surface area contributed by atoms with Crippen LogP contribution in [-0.2, 0) is 10.0 Å². The molecule has 1 aliphatic carbocycles. The number of nitrogens with zero attached hydrogens (tertiary/aromatic N) is 2. The molecular weight excluding hydrogens is 414 g/mol. The molecule has 0 aromatic heterocycles. The van der Waals surface area contributed by atoms with E-state index in [2.05, 4.69) is 16.6 Å². The van der Waals surface area contributed by atoms with E-state index in [0.29, 0.717) is 23.0 Å². The Balaban J connectivity index is 1.80. The molecule has 0 bridgehead atoms. The highest BCUT2D eigenvalue weighted by atomic mass is 32.2. The molecule has 2 heterocycles. The van der Waals surface area contributed by atoms with Crippen LogP contribution in [0.25, 0.3) is 22.5 Å². The Labute approximate surface area is 183 Å². The van der Waals surface area contributed by atoms with Crippen molar-refractivity contribution in [3.63, 3.8) is 0 Å². The maximum Gasteiger partial charge on any atom is 0.232 e. The van der Waals surface area contributed by atoms with E-state index in [0.717, 1.165) is 53.0 Å². The maximum absolute atomic E-state index is 12.1. The predicted octanol–water partition coefficient (Wildman–Crippen LogP) is 4.92. The van der Waals surface area contributed by atoms with Gasteiger partial charge in [-0.05, 0) is 81.3 Å². The Hall–Kier alpha value is -2.74. The van der Waals surface area contributed by atoms with Crippen LogP contribution in [0.5, 0.6) is 5.75 Å². The molecule has 31 heavy (non-hydrogen) atoms. The summed E-state index contributed by atoms with van der Waals surface area (Å²) in [6, 6.07) is 9.08. The first-order valence-electron chi connectivity index (χ1n) is 10.7. The Morgan fingerprint density at radius 1 is 1.13 bits per heavy atom. The topological polar surface area (TPSA) is 93.5 Å². The molecule has 1 aromatic carbocycles. The van der Waals surface area contributed by atoms with Crippen molar-refractivity contribution in [3.05, 3.63) is 42.2 Å². The van der Waals surface area contributed by atoms with Gasteiger partial charge < -0.3 is 9.94 Å². The number of aromatic nitrogens is 2. The van der Waals surface area contributed by atoms with E-state index < -0.39 is 10.0 Å². The van der Waals surface area contributed by atoms with E-state index in [1.807, 2.05) is 18.2 Å². The van der Waals surface area contributed by atoms with Gasteiger partial charge in [0.05, 0.1) is 17.6 Å². The largest absolute Gasteiger partial charge is 0.490 e. The molecule has 0 atom stereocenters. The third kappa shape index (κ3) is 4.49. The lowest BCUT2D eigenvalue weighted by molar-refractivity contribution is 0.136. The Bertz CT molecular complexity index is 1150. The second-order valence-corrected chi connectivity index (χ2v) is 10.4. The number of anilines is 1. The highest BCUT2D eigenvalue weighted by molar-refractivity contribution is 7.92. The van der Waals surface area contributed by atoms with E-state index in [1.165, 1.54) is 0 Å². The van der Waals surface area contributed by atoms with E-state index in [4.69, 9.17) is 4.74 Å². The normalized spacial score (nSPS) is 19.5. The molecule has 1 aromatic rings. The molecule has 1 fully saturated rings. The average Bonchev–Trinajstić information content (AvgIpc) is 3.23. The lowest BCUT2D eigenvalue weighted by Gasteiger charge is -2.28. The first-order valence-corrected chi connectivity index (χ1v) is 12.4. The van der Waals surface area contributed by atoms with Gasteiger partial charge in [0.25, 0.3) is 0 Å². The van der Waals surface area contributed by atoms with Crippen LogP contribution in [0.4, 0.5) is 5.69 Å². The zero-order valence-electron chi connectivity index (χ0n) is 18.1. The fraction of sp³-hybridized carbons (Fsp3) is 0.435. The van der Waals surface area contributed by atoms with Gasteiger partial charge in [0.1, 0.15) is 5.75 Å². The molecular formula is C23H29N3O4S. The predicted molar refractivity (Wildman–Crippen MR) is 121 cm³/mol. The summed E-state index contributed by atoms with van der Waals surface area (Å²) in [5, 5.41) is 10.3. The fourth-order valence-electron chi connectivity index (χ4n) is 4.13. The number of nitrogens with one attached hydrogen (secondary N) is 1. The number of hydrogen-bond donors (Lipinski definition) is 2. The zero-order chi connectivity index (χ0) is 22.2. The summed E-state index contributed by atoms with van der Waals surface area (Å²) in [5.41, 5.74) is 3.49. The van der Waals surface area contributed by atoms with Crippen molar-refractivity contribution in [2.24, 2.45) is 5.92 Å². The van der Waals surface area contributed by atoms with Crippen molar-refractivity contribution in [2.75, 3.05) is 10.5 Å². The van der Waals surface area contributed by atoms with Crippen molar-refractivity contribution < 1.29 is 18.4 Å². The molecule has 0 spiro atoms. The second-order valence-electron chi connectivity index (χ2n) is 8.41. The Morgan fingerprint density at radius 3 is 2.58 bits per heavy atom. The standard InChI is InChI=1S/C23H29N3O4S/c1-4-31(28,29)25-17-7-10-22(30-18-8-5-15(2)6-9-18)21(14-17)20-13-16(3)26(27)23-19(20)11-12-24-23/h7,10-15,18,25,27H,4-6,8-9H2,1-3H3. The quantitative estimate of drug-likeness (QED) is 0.528. The maximum atomic E-state index is 12.1. The molecule has 0 radical (unpaired) electrons. The van der Waals surface area contributed by atoms with Crippen molar-refractivity contribution in [3.8, 4) is 28.3 Å². The number of fused-ring (bicyclic) bond motifs is 1. The van der Waals surface area contributed by atoms with Gasteiger partial charge in [-0.15, -0.1) is 0 Å². The lowest BCUT2D eigenvalue weighted by atomic mass is 9.89. The van der Waals surface area contributed by atoms with Crippen molar-refractivity contribution >= 4 is 15.7 Å². The number of rotatable bonds is 6. The van der Waals surface area contributed by atoms with Gasteiger partial charge in [-0.1, -0.05) is 6.92 Å². The number of sulfonamides is 1. The summed E-state index contributed by atoms with van der Waals surface area (Å²) in [5.74, 6) is 1.87. The highest BCUT2D eigenvalue weighted by Gasteiger charge is 2.24. The van der Waals surface area contributed by atoms with Crippen molar-refractivity contribution in [1.29, 1.82) is 0 Å². The van der Waals surface area contributed by atoms with Crippen LogP contribution in [-0.4, -0.2) is 35.2 Å². The Morgan fingerprint density at radius 2 is 1.87 bits per heavy atom. The molecule has 2 aliphatic heterocycles. The van der Waals surface area contributed by atoms with E-state index >= 15 is 0 Å². The van der Waals surface area contributed by atoms with E-state index in [1.54, 1.807) is 32.2 Å².